The largest absolute Gasteiger partial charge is 0.454 e. The average Bonchev–Trinajstić information content (AvgIpc) is 3.03. The minimum Gasteiger partial charge on any atom is -0.454 e. The van der Waals surface area contributed by atoms with Crippen molar-refractivity contribution in [2.45, 2.75) is 19.9 Å². The van der Waals surface area contributed by atoms with Crippen molar-refractivity contribution in [3.63, 3.8) is 0 Å². The maximum atomic E-state index is 11.9. The Morgan fingerprint density at radius 2 is 1.92 bits per heavy atom. The number of hydrogen-bond donors (Lipinski definition) is 1. The van der Waals surface area contributed by atoms with Crippen molar-refractivity contribution in [2.24, 2.45) is 5.92 Å². The van der Waals surface area contributed by atoms with Gasteiger partial charge in [-0.3, -0.25) is 9.69 Å². The molecule has 0 aliphatic carbocycles. The normalized spacial score (nSPS) is 18.1. The van der Waals surface area contributed by atoms with Crippen molar-refractivity contribution in [1.29, 1.82) is 0 Å². The zero-order valence-electron chi connectivity index (χ0n) is 14.1. The molecule has 1 aromatic rings. The molecule has 7 heteroatoms. The van der Waals surface area contributed by atoms with Gasteiger partial charge in [-0.15, -0.1) is 12.4 Å². The second-order valence-electron chi connectivity index (χ2n) is 6.18. The van der Waals surface area contributed by atoms with Crippen molar-refractivity contribution < 1.29 is 19.0 Å². The Balaban J connectivity index is 0.00000208. The lowest BCUT2D eigenvalue weighted by Crippen LogP contribution is -2.44. The first-order chi connectivity index (χ1) is 11.1. The van der Waals surface area contributed by atoms with Gasteiger partial charge in [0, 0.05) is 25.6 Å². The van der Waals surface area contributed by atoms with Gasteiger partial charge in [-0.2, -0.15) is 0 Å². The summed E-state index contributed by atoms with van der Waals surface area (Å²) in [5.74, 6) is 1.61. The molecule has 6 nitrogen and oxygen atoms in total. The average molecular weight is 357 g/mol. The first-order valence-electron chi connectivity index (χ1n) is 8.14. The van der Waals surface area contributed by atoms with E-state index in [-0.39, 0.29) is 37.1 Å². The summed E-state index contributed by atoms with van der Waals surface area (Å²) < 4.78 is 16.3. The third kappa shape index (κ3) is 4.32. The summed E-state index contributed by atoms with van der Waals surface area (Å²) in [4.78, 5) is 14.3. The molecule has 0 spiro atoms. The number of rotatable bonds is 5. The van der Waals surface area contributed by atoms with E-state index in [1.54, 1.807) is 0 Å². The lowest BCUT2D eigenvalue weighted by Gasteiger charge is -2.35. The maximum absolute atomic E-state index is 11.9. The van der Waals surface area contributed by atoms with E-state index in [4.69, 9.17) is 14.2 Å². The third-order valence-corrected chi connectivity index (χ3v) is 4.26. The van der Waals surface area contributed by atoms with Crippen molar-refractivity contribution in [2.75, 3.05) is 39.6 Å². The minimum atomic E-state index is -0.0166. The molecule has 1 saturated heterocycles. The number of benzene rings is 1. The molecule has 0 aromatic heterocycles. The summed E-state index contributed by atoms with van der Waals surface area (Å²) >= 11 is 0. The lowest BCUT2D eigenvalue weighted by atomic mass is 10.0. The second-order valence-corrected chi connectivity index (χ2v) is 6.18. The Morgan fingerprint density at radius 3 is 2.62 bits per heavy atom. The summed E-state index contributed by atoms with van der Waals surface area (Å²) in [5.41, 5.74) is 1.13. The van der Waals surface area contributed by atoms with Crippen LogP contribution in [0.3, 0.4) is 0 Å². The highest BCUT2D eigenvalue weighted by atomic mass is 35.5. The first-order valence-corrected chi connectivity index (χ1v) is 8.14. The molecule has 2 aliphatic heterocycles. The van der Waals surface area contributed by atoms with Gasteiger partial charge in [0.15, 0.2) is 11.5 Å². The fourth-order valence-electron chi connectivity index (χ4n) is 2.87. The van der Waals surface area contributed by atoms with Crippen LogP contribution in [0.4, 0.5) is 0 Å². The van der Waals surface area contributed by atoms with Crippen LogP contribution in [0.1, 0.15) is 25.5 Å². The van der Waals surface area contributed by atoms with Gasteiger partial charge >= 0.3 is 0 Å². The highest BCUT2D eigenvalue weighted by Gasteiger charge is 2.25. The van der Waals surface area contributed by atoms with Crippen LogP contribution in [0.5, 0.6) is 11.5 Å². The first kappa shape index (κ1) is 18.8. The summed E-state index contributed by atoms with van der Waals surface area (Å²) in [6.45, 7) is 7.81. The lowest BCUT2D eigenvalue weighted by molar-refractivity contribution is -0.124. The van der Waals surface area contributed by atoms with Crippen molar-refractivity contribution in [3.8, 4) is 11.5 Å². The van der Waals surface area contributed by atoms with Gasteiger partial charge in [0.1, 0.15) is 0 Å². The highest BCUT2D eigenvalue weighted by Crippen LogP contribution is 2.35. The summed E-state index contributed by atoms with van der Waals surface area (Å²) in [5, 5.41) is 3.05. The molecule has 1 amide bonds. The number of halogens is 1. The molecular formula is C17H25ClN2O4. The van der Waals surface area contributed by atoms with E-state index in [0.717, 1.165) is 43.4 Å². The summed E-state index contributed by atoms with van der Waals surface area (Å²) in [7, 11) is 0. The Bertz CT molecular complexity index is 562. The molecule has 0 saturated carbocycles. The zero-order valence-corrected chi connectivity index (χ0v) is 14.9. The van der Waals surface area contributed by atoms with E-state index in [2.05, 4.69) is 16.3 Å². The molecule has 1 aromatic carbocycles. The number of amides is 1. The number of carbonyl (C=O) groups excluding carboxylic acids is 1. The van der Waals surface area contributed by atoms with Crippen LogP contribution in [0.25, 0.3) is 0 Å². The number of ether oxygens (including phenoxy) is 3. The van der Waals surface area contributed by atoms with Gasteiger partial charge in [0.2, 0.25) is 12.7 Å². The SMILES string of the molecule is CC(C)C(=O)NCC(c1ccc2c(c1)OCO2)N1CCOCC1.Cl. The molecule has 2 aliphatic rings. The van der Waals surface area contributed by atoms with E-state index < -0.39 is 0 Å². The molecule has 1 atom stereocenters. The van der Waals surface area contributed by atoms with Crippen LogP contribution in [0.2, 0.25) is 0 Å². The molecule has 0 bridgehead atoms. The number of nitrogens with one attached hydrogen (secondary N) is 1. The number of hydrogen-bond acceptors (Lipinski definition) is 5. The van der Waals surface area contributed by atoms with Gasteiger partial charge in [-0.05, 0) is 17.7 Å². The van der Waals surface area contributed by atoms with Crippen LogP contribution < -0.4 is 14.8 Å². The number of nitrogens with zero attached hydrogens (tertiary/aromatic N) is 1. The van der Waals surface area contributed by atoms with E-state index in [9.17, 15) is 4.79 Å². The van der Waals surface area contributed by atoms with E-state index in [1.807, 2.05) is 26.0 Å². The van der Waals surface area contributed by atoms with Gasteiger partial charge in [-0.1, -0.05) is 19.9 Å². The fraction of sp³-hybridized carbons (Fsp3) is 0.588. The molecule has 1 N–H and O–H groups in total. The predicted molar refractivity (Wildman–Crippen MR) is 92.8 cm³/mol. The smallest absolute Gasteiger partial charge is 0.231 e. The van der Waals surface area contributed by atoms with Crippen LogP contribution in [-0.4, -0.2) is 50.4 Å². The van der Waals surface area contributed by atoms with E-state index in [1.165, 1.54) is 0 Å². The molecule has 24 heavy (non-hydrogen) atoms. The summed E-state index contributed by atoms with van der Waals surface area (Å²) in [6, 6.07) is 6.12. The predicted octanol–water partition coefficient (Wildman–Crippen LogP) is 1.98. The Hall–Kier alpha value is -1.50. The Kier molecular flexibility index (Phi) is 6.71. The van der Waals surface area contributed by atoms with Crippen LogP contribution in [-0.2, 0) is 9.53 Å². The molecule has 0 radical (unpaired) electrons. The zero-order chi connectivity index (χ0) is 16.2. The van der Waals surface area contributed by atoms with Crippen LogP contribution >= 0.6 is 12.4 Å². The van der Waals surface area contributed by atoms with E-state index >= 15 is 0 Å². The summed E-state index contributed by atoms with van der Waals surface area (Å²) in [6.07, 6.45) is 0. The topological polar surface area (TPSA) is 60.0 Å². The quantitative estimate of drug-likeness (QED) is 0.874. The molecule has 1 unspecified atom stereocenters. The number of morpholine rings is 1. The Morgan fingerprint density at radius 1 is 1.21 bits per heavy atom. The molecule has 1 fully saturated rings. The second kappa shape index (κ2) is 8.55. The van der Waals surface area contributed by atoms with Crippen LogP contribution in [0, 0.1) is 5.92 Å². The maximum Gasteiger partial charge on any atom is 0.231 e. The van der Waals surface area contributed by atoms with Crippen molar-refractivity contribution in [1.82, 2.24) is 10.2 Å². The fourth-order valence-corrected chi connectivity index (χ4v) is 2.87. The molecule has 3 rings (SSSR count). The minimum absolute atomic E-state index is 0. The third-order valence-electron chi connectivity index (χ3n) is 4.26. The monoisotopic (exact) mass is 356 g/mol. The molecular weight excluding hydrogens is 332 g/mol. The van der Waals surface area contributed by atoms with Crippen molar-refractivity contribution in [3.05, 3.63) is 23.8 Å². The van der Waals surface area contributed by atoms with Gasteiger partial charge in [-0.25, -0.2) is 0 Å². The highest BCUT2D eigenvalue weighted by molar-refractivity contribution is 5.85. The Labute approximate surface area is 148 Å². The number of carbonyl (C=O) groups is 1. The van der Waals surface area contributed by atoms with Gasteiger partial charge in [0.25, 0.3) is 0 Å². The molecule has 134 valence electrons. The van der Waals surface area contributed by atoms with Crippen molar-refractivity contribution >= 4 is 18.3 Å². The van der Waals surface area contributed by atoms with Gasteiger partial charge in [0.05, 0.1) is 19.3 Å². The number of fused-ring (bicyclic) bond motifs is 1. The molecule has 2 heterocycles. The van der Waals surface area contributed by atoms with Gasteiger partial charge < -0.3 is 19.5 Å². The van der Waals surface area contributed by atoms with E-state index in [0.29, 0.717) is 6.54 Å². The van der Waals surface area contributed by atoms with Crippen LogP contribution in [0.15, 0.2) is 18.2 Å². The standard InChI is InChI=1S/C17H24N2O4.ClH/c1-12(2)17(20)18-10-14(19-5-7-21-8-6-19)13-3-4-15-16(9-13)23-11-22-15;/h3-4,9,12,14H,5-8,10-11H2,1-2H3,(H,18,20);1H.